The van der Waals surface area contributed by atoms with Crippen LogP contribution in [0.5, 0.6) is 0 Å². The van der Waals surface area contributed by atoms with Gasteiger partial charge < -0.3 is 14.8 Å². The van der Waals surface area contributed by atoms with E-state index in [1.165, 1.54) is 6.42 Å². The number of carbonyl (C=O) groups is 1. The summed E-state index contributed by atoms with van der Waals surface area (Å²) in [6.07, 6.45) is 10.8. The van der Waals surface area contributed by atoms with E-state index in [1.807, 2.05) is 20.3 Å². The molecule has 4 aliphatic carbocycles. The van der Waals surface area contributed by atoms with Crippen LogP contribution in [0.25, 0.3) is 0 Å². The van der Waals surface area contributed by atoms with Crippen LogP contribution in [-0.4, -0.2) is 54.9 Å². The van der Waals surface area contributed by atoms with E-state index in [1.54, 1.807) is 0 Å². The molecule has 0 aromatic carbocycles. The van der Waals surface area contributed by atoms with Crippen LogP contribution < -0.4 is 0 Å². The van der Waals surface area contributed by atoms with E-state index in [4.69, 9.17) is 4.84 Å². The molecule has 0 amide bonds. The number of hydrogen-bond donors (Lipinski definition) is 1. The SMILES string of the molecule is CN(C)CCO/N=C/[C@H]1CC[C@]2(O)[C@@H]3CC[C@@H]4CC(=O)CC[C@]4(C)[C@H]3CC[C@]12C. The molecule has 5 nitrogen and oxygen atoms in total. The van der Waals surface area contributed by atoms with Crippen LogP contribution in [0.3, 0.4) is 0 Å². The molecular weight excluding hydrogens is 364 g/mol. The lowest BCUT2D eigenvalue weighted by atomic mass is 9.43. The smallest absolute Gasteiger partial charge is 0.133 e. The monoisotopic (exact) mass is 404 g/mol. The summed E-state index contributed by atoms with van der Waals surface area (Å²) in [7, 11) is 4.06. The lowest BCUT2D eigenvalue weighted by Crippen LogP contribution is -2.62. The van der Waals surface area contributed by atoms with Crippen LogP contribution in [0.2, 0.25) is 0 Å². The molecule has 5 heteroatoms. The Morgan fingerprint density at radius 3 is 2.69 bits per heavy atom. The lowest BCUT2D eigenvalue weighted by Gasteiger charge is -2.63. The van der Waals surface area contributed by atoms with E-state index < -0.39 is 5.60 Å². The first-order chi connectivity index (χ1) is 13.7. The van der Waals surface area contributed by atoms with E-state index in [0.717, 1.165) is 57.9 Å². The third kappa shape index (κ3) is 3.37. The standard InChI is InChI=1S/C24H40N2O3/c1-22-10-8-19(27)15-17(22)5-6-21-20(22)9-11-23(2)18(7-12-24(21,23)28)16-25-29-14-13-26(3)4/h16-18,20-21,28H,5-15H2,1-4H3/b25-16+/t17-,18-,20+,21-,22+,23-,24+/m1/s1. The van der Waals surface area contributed by atoms with Crippen molar-refractivity contribution in [2.45, 2.75) is 77.2 Å². The minimum absolute atomic E-state index is 0.115. The highest BCUT2D eigenvalue weighted by Crippen LogP contribution is 2.68. The first-order valence-corrected chi connectivity index (χ1v) is 11.7. The molecule has 0 aromatic rings. The number of ketones is 1. The van der Waals surface area contributed by atoms with Gasteiger partial charge in [-0.15, -0.1) is 0 Å². The minimum Gasteiger partial charge on any atom is -0.395 e. The zero-order valence-electron chi connectivity index (χ0n) is 18.8. The Kier molecular flexibility index (Phi) is 5.61. The number of rotatable bonds is 5. The second-order valence-electron chi connectivity index (χ2n) is 11.2. The third-order valence-corrected chi connectivity index (χ3v) is 9.69. The number of aliphatic hydroxyl groups is 1. The van der Waals surface area contributed by atoms with Gasteiger partial charge in [0, 0.05) is 36.9 Å². The number of carbonyl (C=O) groups excluding carboxylic acids is 1. The molecule has 164 valence electrons. The number of oxime groups is 1. The molecule has 0 radical (unpaired) electrons. The maximum absolute atomic E-state index is 12.1. The summed E-state index contributed by atoms with van der Waals surface area (Å²) >= 11 is 0. The van der Waals surface area contributed by atoms with Crippen molar-refractivity contribution in [2.24, 2.45) is 39.7 Å². The van der Waals surface area contributed by atoms with Crippen molar-refractivity contribution in [3.63, 3.8) is 0 Å². The quantitative estimate of drug-likeness (QED) is 0.429. The summed E-state index contributed by atoms with van der Waals surface area (Å²) in [5, 5.41) is 16.4. The molecule has 4 rings (SSSR count). The largest absolute Gasteiger partial charge is 0.395 e. The van der Waals surface area contributed by atoms with Crippen LogP contribution in [0, 0.1) is 34.5 Å². The van der Waals surface area contributed by atoms with Gasteiger partial charge in [-0.25, -0.2) is 0 Å². The van der Waals surface area contributed by atoms with Crippen molar-refractivity contribution >= 4 is 12.0 Å². The van der Waals surface area contributed by atoms with Crippen molar-refractivity contribution in [1.82, 2.24) is 4.90 Å². The molecule has 4 fully saturated rings. The van der Waals surface area contributed by atoms with Gasteiger partial charge in [-0.2, -0.15) is 0 Å². The minimum atomic E-state index is -0.605. The fraction of sp³-hybridized carbons (Fsp3) is 0.917. The summed E-state index contributed by atoms with van der Waals surface area (Å²) in [5.41, 5.74) is -0.489. The maximum Gasteiger partial charge on any atom is 0.133 e. The molecule has 0 saturated heterocycles. The van der Waals surface area contributed by atoms with Gasteiger partial charge in [-0.3, -0.25) is 4.79 Å². The summed E-state index contributed by atoms with van der Waals surface area (Å²) in [6.45, 7) is 6.18. The van der Waals surface area contributed by atoms with Crippen LogP contribution >= 0.6 is 0 Å². The molecule has 7 atom stereocenters. The van der Waals surface area contributed by atoms with Gasteiger partial charge in [-0.1, -0.05) is 19.0 Å². The molecule has 1 N–H and O–H groups in total. The summed E-state index contributed by atoms with van der Waals surface area (Å²) in [6, 6.07) is 0. The van der Waals surface area contributed by atoms with Gasteiger partial charge in [0.2, 0.25) is 0 Å². The molecular formula is C24H40N2O3. The van der Waals surface area contributed by atoms with Crippen LogP contribution in [0.15, 0.2) is 5.16 Å². The van der Waals surface area contributed by atoms with Gasteiger partial charge in [0.1, 0.15) is 12.4 Å². The first kappa shape index (κ1) is 21.3. The topological polar surface area (TPSA) is 62.1 Å². The molecule has 0 bridgehead atoms. The van der Waals surface area contributed by atoms with Crippen molar-refractivity contribution < 1.29 is 14.7 Å². The molecule has 0 spiro atoms. The highest BCUT2D eigenvalue weighted by atomic mass is 16.6. The summed E-state index contributed by atoms with van der Waals surface area (Å²) < 4.78 is 0. The van der Waals surface area contributed by atoms with E-state index in [-0.39, 0.29) is 16.7 Å². The fourth-order valence-corrected chi connectivity index (χ4v) is 7.69. The number of fused-ring (bicyclic) bond motifs is 5. The molecule has 0 unspecified atom stereocenters. The predicted octanol–water partition coefficient (Wildman–Crippen LogP) is 3.89. The average Bonchev–Trinajstić information content (AvgIpc) is 2.93. The van der Waals surface area contributed by atoms with Crippen molar-refractivity contribution in [3.8, 4) is 0 Å². The van der Waals surface area contributed by atoms with Crippen molar-refractivity contribution in [2.75, 3.05) is 27.2 Å². The molecule has 0 aliphatic heterocycles. The highest BCUT2D eigenvalue weighted by Gasteiger charge is 2.66. The van der Waals surface area contributed by atoms with E-state index >= 15 is 0 Å². The Bertz CT molecular complexity index is 665. The Balaban J connectivity index is 1.49. The molecule has 4 aliphatic rings. The van der Waals surface area contributed by atoms with Gasteiger partial charge in [0.05, 0.1) is 5.60 Å². The molecule has 0 heterocycles. The molecule has 0 aromatic heterocycles. The Hall–Kier alpha value is -0.940. The normalized spacial score (nSPS) is 47.2. The summed E-state index contributed by atoms with van der Waals surface area (Å²) in [5.74, 6) is 2.19. The maximum atomic E-state index is 12.1. The molecule has 4 saturated carbocycles. The average molecular weight is 405 g/mol. The Morgan fingerprint density at radius 2 is 1.93 bits per heavy atom. The number of Topliss-reactive ketones (excluding diaryl/α,β-unsaturated/α-hetero) is 1. The van der Waals surface area contributed by atoms with Gasteiger partial charge in [0.25, 0.3) is 0 Å². The zero-order chi connectivity index (χ0) is 20.9. The number of nitrogens with zero attached hydrogens (tertiary/aromatic N) is 2. The van der Waals surface area contributed by atoms with Crippen molar-refractivity contribution in [1.29, 1.82) is 0 Å². The first-order valence-electron chi connectivity index (χ1n) is 11.7. The predicted molar refractivity (Wildman–Crippen MR) is 115 cm³/mol. The van der Waals surface area contributed by atoms with Crippen LogP contribution in [-0.2, 0) is 9.63 Å². The highest BCUT2D eigenvalue weighted by molar-refractivity contribution is 5.79. The van der Waals surface area contributed by atoms with E-state index in [0.29, 0.717) is 30.1 Å². The van der Waals surface area contributed by atoms with Crippen molar-refractivity contribution in [3.05, 3.63) is 0 Å². The lowest BCUT2D eigenvalue weighted by molar-refractivity contribution is -0.201. The summed E-state index contributed by atoms with van der Waals surface area (Å²) in [4.78, 5) is 19.6. The van der Waals surface area contributed by atoms with E-state index in [9.17, 15) is 9.90 Å². The second-order valence-corrected chi connectivity index (χ2v) is 11.2. The Labute approximate surface area is 176 Å². The van der Waals surface area contributed by atoms with E-state index in [2.05, 4.69) is 23.9 Å². The zero-order valence-corrected chi connectivity index (χ0v) is 18.8. The second kappa shape index (κ2) is 7.64. The number of likely N-dealkylation sites (N-methyl/N-ethyl adjacent to an activating group) is 1. The fourth-order valence-electron chi connectivity index (χ4n) is 7.69. The number of hydrogen-bond acceptors (Lipinski definition) is 5. The molecule has 29 heavy (non-hydrogen) atoms. The van der Waals surface area contributed by atoms with Crippen LogP contribution in [0.1, 0.15) is 71.6 Å². The Morgan fingerprint density at radius 1 is 1.14 bits per heavy atom. The van der Waals surface area contributed by atoms with Crippen LogP contribution in [0.4, 0.5) is 0 Å². The van der Waals surface area contributed by atoms with Gasteiger partial charge in [-0.05, 0) is 82.2 Å². The third-order valence-electron chi connectivity index (χ3n) is 9.69. The van der Waals surface area contributed by atoms with Gasteiger partial charge >= 0.3 is 0 Å². The van der Waals surface area contributed by atoms with Gasteiger partial charge in [0.15, 0.2) is 0 Å².